The van der Waals surface area contributed by atoms with Gasteiger partial charge in [0.15, 0.2) is 0 Å². The summed E-state index contributed by atoms with van der Waals surface area (Å²) in [7, 11) is 0. The van der Waals surface area contributed by atoms with Gasteiger partial charge in [0.05, 0.1) is 17.5 Å². The number of amides is 2. The number of nitrogens with zero attached hydrogens (tertiary/aromatic N) is 2. The van der Waals surface area contributed by atoms with Crippen LogP contribution < -0.4 is 10.2 Å². The third-order valence-corrected chi connectivity index (χ3v) is 4.98. The quantitative estimate of drug-likeness (QED) is 0.901. The van der Waals surface area contributed by atoms with Crippen LogP contribution in [0.25, 0.3) is 0 Å². The number of carbonyl (C=O) groups excluding carboxylic acids is 2. The first-order valence-electron chi connectivity index (χ1n) is 7.84. The molecule has 0 unspecified atom stereocenters. The topological polar surface area (TPSA) is 71.5 Å². The van der Waals surface area contributed by atoms with Crippen LogP contribution in [0.1, 0.15) is 24.1 Å². The van der Waals surface area contributed by atoms with E-state index in [9.17, 15) is 9.59 Å². The van der Waals surface area contributed by atoms with Crippen LogP contribution in [-0.4, -0.2) is 48.4 Å². The zero-order chi connectivity index (χ0) is 16.4. The van der Waals surface area contributed by atoms with Crippen molar-refractivity contribution in [3.8, 4) is 0 Å². The number of thioether (sulfide) groups is 1. The van der Waals surface area contributed by atoms with Gasteiger partial charge in [-0.15, -0.1) is 0 Å². The van der Waals surface area contributed by atoms with Crippen LogP contribution in [0.3, 0.4) is 0 Å². The third kappa shape index (κ3) is 3.67. The number of hydrogen-bond acceptors (Lipinski definition) is 5. The Kier molecular flexibility index (Phi) is 4.87. The fraction of sp³-hybridized carbons (Fsp3) is 0.562. The number of nitrogens with one attached hydrogen (secondary N) is 1. The Labute approximate surface area is 140 Å². The molecule has 7 heteroatoms. The summed E-state index contributed by atoms with van der Waals surface area (Å²) in [5.74, 6) is 0.109. The highest BCUT2D eigenvalue weighted by Crippen LogP contribution is 2.36. The number of carbonyl (C=O) groups is 2. The molecule has 0 aliphatic carbocycles. The second-order valence-corrected chi connectivity index (χ2v) is 6.91. The molecule has 1 N–H and O–H groups in total. The molecule has 1 atom stereocenters. The van der Waals surface area contributed by atoms with E-state index in [0.29, 0.717) is 12.3 Å². The monoisotopic (exact) mass is 335 g/mol. The van der Waals surface area contributed by atoms with E-state index in [0.717, 1.165) is 41.4 Å². The first kappa shape index (κ1) is 16.3. The van der Waals surface area contributed by atoms with Gasteiger partial charge in [0.1, 0.15) is 11.6 Å². The lowest BCUT2D eigenvalue weighted by molar-refractivity contribution is -0.123. The van der Waals surface area contributed by atoms with Gasteiger partial charge in [0.2, 0.25) is 11.8 Å². The van der Waals surface area contributed by atoms with Gasteiger partial charge in [-0.2, -0.15) is 0 Å². The molecule has 23 heavy (non-hydrogen) atoms. The Bertz CT molecular complexity index is 629. The summed E-state index contributed by atoms with van der Waals surface area (Å²) in [6, 6.07) is 1.94. The Hall–Kier alpha value is -1.60. The number of rotatable bonds is 4. The van der Waals surface area contributed by atoms with E-state index in [2.05, 4.69) is 10.3 Å². The van der Waals surface area contributed by atoms with E-state index in [1.54, 1.807) is 4.90 Å². The largest absolute Gasteiger partial charge is 0.376 e. The van der Waals surface area contributed by atoms with Crippen LogP contribution >= 0.6 is 11.8 Å². The SMILES string of the molecule is Cc1cc(C)c2c(n1)SCC(=O)N2CC(=O)NC[C@H]1CCCO1. The minimum Gasteiger partial charge on any atom is -0.376 e. The van der Waals surface area contributed by atoms with Gasteiger partial charge >= 0.3 is 0 Å². The Morgan fingerprint density at radius 1 is 1.52 bits per heavy atom. The zero-order valence-electron chi connectivity index (χ0n) is 13.4. The van der Waals surface area contributed by atoms with E-state index in [4.69, 9.17) is 4.74 Å². The molecule has 0 aromatic carbocycles. The predicted molar refractivity (Wildman–Crippen MR) is 88.8 cm³/mol. The number of anilines is 1. The third-order valence-electron chi connectivity index (χ3n) is 4.04. The standard InChI is InChI=1S/C16H21N3O3S/c1-10-6-11(2)18-16-15(10)19(14(21)9-23-16)8-13(20)17-7-12-4-3-5-22-12/h6,12H,3-5,7-9H2,1-2H3,(H,17,20)/t12-/m1/s1. The highest BCUT2D eigenvalue weighted by atomic mass is 32.2. The lowest BCUT2D eigenvalue weighted by atomic mass is 10.2. The summed E-state index contributed by atoms with van der Waals surface area (Å²) >= 11 is 1.44. The summed E-state index contributed by atoms with van der Waals surface area (Å²) in [5.41, 5.74) is 2.66. The molecule has 0 saturated carbocycles. The second-order valence-electron chi connectivity index (χ2n) is 5.94. The number of ether oxygens (including phenoxy) is 1. The Balaban J connectivity index is 1.69. The summed E-state index contributed by atoms with van der Waals surface area (Å²) in [5, 5.41) is 3.70. The number of hydrogen-bond donors (Lipinski definition) is 1. The summed E-state index contributed by atoms with van der Waals surface area (Å²) < 4.78 is 5.49. The van der Waals surface area contributed by atoms with Crippen LogP contribution in [0.2, 0.25) is 0 Å². The molecule has 0 bridgehead atoms. The van der Waals surface area contributed by atoms with Gasteiger partial charge in [-0.3, -0.25) is 14.5 Å². The molecule has 0 radical (unpaired) electrons. The van der Waals surface area contributed by atoms with Crippen molar-refractivity contribution in [3.05, 3.63) is 17.3 Å². The lowest BCUT2D eigenvalue weighted by Crippen LogP contribution is -2.45. The number of fused-ring (bicyclic) bond motifs is 1. The molecule has 1 aromatic heterocycles. The van der Waals surface area contributed by atoms with Gasteiger partial charge in [-0.1, -0.05) is 11.8 Å². The number of aryl methyl sites for hydroxylation is 2. The Morgan fingerprint density at radius 3 is 3.09 bits per heavy atom. The van der Waals surface area contributed by atoms with E-state index in [1.807, 2.05) is 19.9 Å². The van der Waals surface area contributed by atoms with Crippen LogP contribution in [0, 0.1) is 13.8 Å². The van der Waals surface area contributed by atoms with E-state index < -0.39 is 0 Å². The molecule has 3 heterocycles. The van der Waals surface area contributed by atoms with Crippen molar-refractivity contribution in [2.24, 2.45) is 0 Å². The van der Waals surface area contributed by atoms with Crippen LogP contribution in [0.5, 0.6) is 0 Å². The second kappa shape index (κ2) is 6.88. The molecular formula is C16H21N3O3S. The maximum Gasteiger partial charge on any atom is 0.240 e. The predicted octanol–water partition coefficient (Wildman–Crippen LogP) is 1.43. The first-order chi connectivity index (χ1) is 11.0. The van der Waals surface area contributed by atoms with Crippen molar-refractivity contribution >= 4 is 29.3 Å². The molecule has 1 saturated heterocycles. The van der Waals surface area contributed by atoms with E-state index >= 15 is 0 Å². The molecule has 2 aliphatic heterocycles. The number of aromatic nitrogens is 1. The molecule has 0 spiro atoms. The van der Waals surface area contributed by atoms with Crippen molar-refractivity contribution in [3.63, 3.8) is 0 Å². The smallest absolute Gasteiger partial charge is 0.240 e. The van der Waals surface area contributed by atoms with Crippen molar-refractivity contribution in [1.82, 2.24) is 10.3 Å². The highest BCUT2D eigenvalue weighted by Gasteiger charge is 2.29. The van der Waals surface area contributed by atoms with Crippen molar-refractivity contribution in [1.29, 1.82) is 0 Å². The van der Waals surface area contributed by atoms with Crippen LogP contribution in [0.4, 0.5) is 5.69 Å². The molecule has 3 rings (SSSR count). The van der Waals surface area contributed by atoms with E-state index in [1.165, 1.54) is 11.8 Å². The highest BCUT2D eigenvalue weighted by molar-refractivity contribution is 8.00. The first-order valence-corrected chi connectivity index (χ1v) is 8.83. The van der Waals surface area contributed by atoms with Gasteiger partial charge in [-0.25, -0.2) is 4.98 Å². The van der Waals surface area contributed by atoms with Gasteiger partial charge < -0.3 is 10.1 Å². The van der Waals surface area contributed by atoms with E-state index in [-0.39, 0.29) is 24.5 Å². The summed E-state index contributed by atoms with van der Waals surface area (Å²) in [6.45, 7) is 5.19. The van der Waals surface area contributed by atoms with Gasteiger partial charge in [0, 0.05) is 18.8 Å². The van der Waals surface area contributed by atoms with Crippen molar-refractivity contribution in [2.45, 2.75) is 37.8 Å². The molecule has 1 aromatic rings. The average molecular weight is 335 g/mol. The number of pyridine rings is 1. The summed E-state index contributed by atoms with van der Waals surface area (Å²) in [6.07, 6.45) is 2.12. The molecular weight excluding hydrogens is 314 g/mol. The average Bonchev–Trinajstić information content (AvgIpc) is 3.01. The van der Waals surface area contributed by atoms with Crippen LogP contribution in [-0.2, 0) is 14.3 Å². The van der Waals surface area contributed by atoms with Crippen LogP contribution in [0.15, 0.2) is 11.1 Å². The fourth-order valence-electron chi connectivity index (χ4n) is 2.96. The van der Waals surface area contributed by atoms with Crippen molar-refractivity contribution in [2.75, 3.05) is 30.3 Å². The van der Waals surface area contributed by atoms with Crippen molar-refractivity contribution < 1.29 is 14.3 Å². The Morgan fingerprint density at radius 2 is 2.35 bits per heavy atom. The summed E-state index contributed by atoms with van der Waals surface area (Å²) in [4.78, 5) is 30.5. The minimum absolute atomic E-state index is 0.0324. The molecule has 2 aliphatic rings. The normalized spacial score (nSPS) is 20.5. The molecule has 1 fully saturated rings. The molecule has 6 nitrogen and oxygen atoms in total. The molecule has 2 amide bonds. The fourth-order valence-corrected chi connectivity index (χ4v) is 3.99. The maximum atomic E-state index is 12.3. The maximum absolute atomic E-state index is 12.3. The zero-order valence-corrected chi connectivity index (χ0v) is 14.2. The lowest BCUT2D eigenvalue weighted by Gasteiger charge is -2.29. The van der Waals surface area contributed by atoms with Gasteiger partial charge in [-0.05, 0) is 38.3 Å². The van der Waals surface area contributed by atoms with Gasteiger partial charge in [0.25, 0.3) is 0 Å². The molecule has 124 valence electrons. The minimum atomic E-state index is -0.160.